The molecule has 0 bridgehead atoms. The normalized spacial score (nSPS) is 21.1. The van der Waals surface area contributed by atoms with E-state index in [9.17, 15) is 8.42 Å². The van der Waals surface area contributed by atoms with Crippen LogP contribution in [0.2, 0.25) is 10.0 Å². The van der Waals surface area contributed by atoms with Crippen molar-refractivity contribution in [2.45, 2.75) is 31.8 Å². The van der Waals surface area contributed by atoms with Crippen molar-refractivity contribution in [3.05, 3.63) is 27.2 Å². The van der Waals surface area contributed by atoms with E-state index in [1.165, 1.54) is 4.31 Å². The number of sulfonamides is 1. The highest BCUT2D eigenvalue weighted by Gasteiger charge is 2.33. The lowest BCUT2D eigenvalue weighted by molar-refractivity contribution is 0.0102. The number of aryl methyl sites for hydroxylation is 1. The zero-order chi connectivity index (χ0) is 15.1. The van der Waals surface area contributed by atoms with Crippen molar-refractivity contribution in [2.75, 3.05) is 19.7 Å². The average molecular weight is 338 g/mol. The smallest absolute Gasteiger partial charge is 0.245 e. The van der Waals surface area contributed by atoms with Crippen molar-refractivity contribution in [3.63, 3.8) is 0 Å². The quantitative estimate of drug-likeness (QED) is 0.833. The van der Waals surface area contributed by atoms with Crippen LogP contribution in [-0.4, -0.2) is 38.5 Å². The third-order valence-corrected chi connectivity index (χ3v) is 6.42. The minimum absolute atomic E-state index is 0.110. The Morgan fingerprint density at radius 3 is 2.60 bits per heavy atom. The maximum absolute atomic E-state index is 12.8. The first-order valence-electron chi connectivity index (χ1n) is 6.32. The Hall–Kier alpha value is -0.330. The molecule has 1 heterocycles. The van der Waals surface area contributed by atoms with Crippen LogP contribution in [0.5, 0.6) is 0 Å². The maximum atomic E-state index is 12.8. The first-order chi connectivity index (χ1) is 9.25. The molecule has 1 aromatic rings. The van der Waals surface area contributed by atoms with E-state index < -0.39 is 10.0 Å². The number of rotatable bonds is 2. The van der Waals surface area contributed by atoms with Crippen LogP contribution < -0.4 is 0 Å². The van der Waals surface area contributed by atoms with Gasteiger partial charge in [-0.15, -0.1) is 0 Å². The van der Waals surface area contributed by atoms with E-state index in [1.807, 2.05) is 6.92 Å². The van der Waals surface area contributed by atoms with Gasteiger partial charge in [0.25, 0.3) is 0 Å². The molecule has 1 fully saturated rings. The van der Waals surface area contributed by atoms with Crippen LogP contribution in [0, 0.1) is 13.8 Å². The lowest BCUT2D eigenvalue weighted by Gasteiger charge is -2.31. The van der Waals surface area contributed by atoms with Gasteiger partial charge in [0.1, 0.15) is 4.90 Å². The van der Waals surface area contributed by atoms with Crippen molar-refractivity contribution in [3.8, 4) is 0 Å². The van der Waals surface area contributed by atoms with E-state index in [0.29, 0.717) is 35.8 Å². The summed E-state index contributed by atoms with van der Waals surface area (Å²) in [6.45, 7) is 6.30. The van der Waals surface area contributed by atoms with Gasteiger partial charge in [0.2, 0.25) is 10.0 Å². The number of morpholine rings is 1. The second-order valence-corrected chi connectivity index (χ2v) is 7.65. The Labute approximate surface area is 129 Å². The van der Waals surface area contributed by atoms with Gasteiger partial charge in [-0.2, -0.15) is 4.31 Å². The molecule has 1 aliphatic heterocycles. The van der Waals surface area contributed by atoms with Gasteiger partial charge in [0, 0.05) is 18.1 Å². The zero-order valence-corrected chi connectivity index (χ0v) is 13.9. The maximum Gasteiger partial charge on any atom is 0.245 e. The molecule has 20 heavy (non-hydrogen) atoms. The van der Waals surface area contributed by atoms with Crippen LogP contribution in [0.3, 0.4) is 0 Å². The minimum Gasteiger partial charge on any atom is -0.376 e. The summed E-state index contributed by atoms with van der Waals surface area (Å²) in [5, 5.41) is 0.651. The molecule has 1 saturated heterocycles. The lowest BCUT2D eigenvalue weighted by Crippen LogP contribution is -2.44. The second-order valence-electron chi connectivity index (χ2n) is 4.99. The Morgan fingerprint density at radius 1 is 1.35 bits per heavy atom. The van der Waals surface area contributed by atoms with Gasteiger partial charge in [0.15, 0.2) is 0 Å². The van der Waals surface area contributed by atoms with Gasteiger partial charge in [-0.3, -0.25) is 0 Å². The Balaban J connectivity index is 2.55. The summed E-state index contributed by atoms with van der Waals surface area (Å²) < 4.78 is 32.4. The Morgan fingerprint density at radius 2 is 2.00 bits per heavy atom. The van der Waals surface area contributed by atoms with Gasteiger partial charge in [-0.05, 0) is 38.0 Å². The molecule has 0 radical (unpaired) electrons. The van der Waals surface area contributed by atoms with Crippen molar-refractivity contribution >= 4 is 33.2 Å². The molecule has 0 saturated carbocycles. The number of ether oxygens (including phenoxy) is 1. The molecule has 0 amide bonds. The molecule has 0 spiro atoms. The third kappa shape index (κ3) is 2.83. The van der Waals surface area contributed by atoms with Crippen LogP contribution in [0.1, 0.15) is 18.1 Å². The monoisotopic (exact) mass is 337 g/mol. The van der Waals surface area contributed by atoms with Crippen molar-refractivity contribution in [1.82, 2.24) is 4.31 Å². The summed E-state index contributed by atoms with van der Waals surface area (Å²) in [5.41, 5.74) is 1.14. The molecule has 0 unspecified atom stereocenters. The molecule has 1 aromatic carbocycles. The number of nitrogens with zero attached hydrogens (tertiary/aromatic N) is 1. The highest BCUT2D eigenvalue weighted by molar-refractivity contribution is 7.89. The van der Waals surface area contributed by atoms with Gasteiger partial charge < -0.3 is 4.74 Å². The van der Waals surface area contributed by atoms with E-state index in [-0.39, 0.29) is 16.0 Å². The molecule has 0 N–H and O–H groups in total. The summed E-state index contributed by atoms with van der Waals surface area (Å²) >= 11 is 12.3. The number of benzene rings is 1. The second kappa shape index (κ2) is 5.81. The fourth-order valence-corrected chi connectivity index (χ4v) is 4.92. The molecule has 7 heteroatoms. The van der Waals surface area contributed by atoms with Gasteiger partial charge >= 0.3 is 0 Å². The average Bonchev–Trinajstić information content (AvgIpc) is 2.36. The van der Waals surface area contributed by atoms with Crippen molar-refractivity contribution < 1.29 is 13.2 Å². The number of halogens is 2. The first-order valence-corrected chi connectivity index (χ1v) is 8.51. The van der Waals surface area contributed by atoms with Gasteiger partial charge in [0.05, 0.1) is 17.7 Å². The predicted molar refractivity (Wildman–Crippen MR) is 80.1 cm³/mol. The molecule has 1 aliphatic rings. The van der Waals surface area contributed by atoms with Crippen LogP contribution in [-0.2, 0) is 14.8 Å². The van der Waals surface area contributed by atoms with E-state index in [4.69, 9.17) is 27.9 Å². The van der Waals surface area contributed by atoms with Crippen LogP contribution in [0.4, 0.5) is 0 Å². The van der Waals surface area contributed by atoms with E-state index in [0.717, 1.165) is 0 Å². The van der Waals surface area contributed by atoms with Crippen molar-refractivity contribution in [2.24, 2.45) is 0 Å². The van der Waals surface area contributed by atoms with E-state index in [2.05, 4.69) is 0 Å². The molecular weight excluding hydrogens is 321 g/mol. The fraction of sp³-hybridized carbons (Fsp3) is 0.538. The molecule has 1 atom stereocenters. The summed E-state index contributed by atoms with van der Waals surface area (Å²) in [6, 6.07) is 1.68. The number of hydrogen-bond donors (Lipinski definition) is 0. The van der Waals surface area contributed by atoms with E-state index >= 15 is 0 Å². The highest BCUT2D eigenvalue weighted by atomic mass is 35.5. The standard InChI is InChI=1S/C13H17Cl2NO3S/c1-8-6-11(14)10(3)13(12(8)15)20(17,18)16-4-5-19-9(2)7-16/h6,9H,4-5,7H2,1-3H3/t9-/m0/s1. The van der Waals surface area contributed by atoms with E-state index in [1.54, 1.807) is 19.9 Å². The topological polar surface area (TPSA) is 46.6 Å². The Bertz CT molecular complexity index is 605. The molecule has 0 aliphatic carbocycles. The first kappa shape index (κ1) is 16.0. The molecular formula is C13H17Cl2NO3S. The minimum atomic E-state index is -3.66. The summed E-state index contributed by atoms with van der Waals surface area (Å²) in [7, 11) is -3.66. The Kier molecular flexibility index (Phi) is 4.66. The SMILES string of the molecule is Cc1cc(Cl)c(C)c(S(=O)(=O)N2CCO[C@@H](C)C2)c1Cl. The van der Waals surface area contributed by atoms with Gasteiger partial charge in [-0.25, -0.2) is 8.42 Å². The molecule has 2 rings (SSSR count). The third-order valence-electron chi connectivity index (χ3n) is 3.39. The van der Waals surface area contributed by atoms with Crippen LogP contribution in [0.25, 0.3) is 0 Å². The largest absolute Gasteiger partial charge is 0.376 e. The van der Waals surface area contributed by atoms with Gasteiger partial charge in [-0.1, -0.05) is 23.2 Å². The summed E-state index contributed by atoms with van der Waals surface area (Å²) in [4.78, 5) is 0.110. The molecule has 4 nitrogen and oxygen atoms in total. The lowest BCUT2D eigenvalue weighted by atomic mass is 10.2. The fourth-order valence-electron chi connectivity index (χ4n) is 2.25. The molecule has 112 valence electrons. The predicted octanol–water partition coefficient (Wildman–Crippen LogP) is 3.02. The van der Waals surface area contributed by atoms with Crippen LogP contribution in [0.15, 0.2) is 11.0 Å². The summed E-state index contributed by atoms with van der Waals surface area (Å²) in [6.07, 6.45) is -0.127. The zero-order valence-electron chi connectivity index (χ0n) is 11.6. The highest BCUT2D eigenvalue weighted by Crippen LogP contribution is 2.35. The summed E-state index contributed by atoms with van der Waals surface area (Å²) in [5.74, 6) is 0. The number of hydrogen-bond acceptors (Lipinski definition) is 3. The van der Waals surface area contributed by atoms with Crippen molar-refractivity contribution in [1.29, 1.82) is 0 Å². The van der Waals surface area contributed by atoms with Crippen LogP contribution >= 0.6 is 23.2 Å². The molecule has 0 aromatic heterocycles.